The van der Waals surface area contributed by atoms with Gasteiger partial charge in [-0.25, -0.2) is 0 Å². The van der Waals surface area contributed by atoms with Crippen molar-refractivity contribution in [1.82, 2.24) is 24.6 Å². The van der Waals surface area contributed by atoms with Crippen molar-refractivity contribution in [3.63, 3.8) is 0 Å². The number of hydrogen-bond acceptors (Lipinski definition) is 5. The van der Waals surface area contributed by atoms with E-state index >= 15 is 0 Å². The standard InChI is InChI=1S/C26H30F3N5OS/c1-4-32-12-14-33(15-13-32)24(35)22-11-6-5-8-19(22)17-36-25-31-30-23(18(2)3)34(25)21-10-7-9-20(16-21)26(27,28)29/h5-11,16,18H,4,12-15,17H2,1-3H3. The largest absolute Gasteiger partial charge is 0.416 e. The first-order chi connectivity index (χ1) is 17.2. The van der Waals surface area contributed by atoms with Gasteiger partial charge in [-0.15, -0.1) is 10.2 Å². The highest BCUT2D eigenvalue weighted by molar-refractivity contribution is 7.98. The first-order valence-corrected chi connectivity index (χ1v) is 13.0. The molecule has 0 unspecified atom stereocenters. The first-order valence-electron chi connectivity index (χ1n) is 12.0. The number of halogens is 3. The molecule has 1 aliphatic rings. The zero-order valence-electron chi connectivity index (χ0n) is 20.6. The van der Waals surface area contributed by atoms with Crippen LogP contribution < -0.4 is 0 Å². The van der Waals surface area contributed by atoms with Crippen LogP contribution in [-0.2, 0) is 11.9 Å². The fourth-order valence-corrected chi connectivity index (χ4v) is 5.21. The molecule has 10 heteroatoms. The van der Waals surface area contributed by atoms with Gasteiger partial charge in [-0.1, -0.05) is 56.8 Å². The van der Waals surface area contributed by atoms with E-state index in [1.807, 2.05) is 43.0 Å². The van der Waals surface area contributed by atoms with Crippen LogP contribution in [0.5, 0.6) is 0 Å². The third kappa shape index (κ3) is 5.75. The maximum atomic E-state index is 13.4. The van der Waals surface area contributed by atoms with Crippen molar-refractivity contribution in [2.45, 2.75) is 43.8 Å². The number of nitrogens with zero attached hydrogens (tertiary/aromatic N) is 5. The van der Waals surface area contributed by atoms with E-state index in [1.54, 1.807) is 10.6 Å². The summed E-state index contributed by atoms with van der Waals surface area (Å²) in [6.45, 7) is 10.0. The lowest BCUT2D eigenvalue weighted by Gasteiger charge is -2.34. The van der Waals surface area contributed by atoms with Gasteiger partial charge < -0.3 is 9.80 Å². The number of benzene rings is 2. The number of alkyl halides is 3. The van der Waals surface area contributed by atoms with Crippen molar-refractivity contribution in [2.75, 3.05) is 32.7 Å². The van der Waals surface area contributed by atoms with Crippen molar-refractivity contribution in [3.05, 3.63) is 71.0 Å². The molecule has 1 amide bonds. The van der Waals surface area contributed by atoms with E-state index in [0.29, 0.717) is 41.1 Å². The van der Waals surface area contributed by atoms with E-state index in [-0.39, 0.29) is 11.8 Å². The molecule has 0 N–H and O–H groups in total. The number of thioether (sulfide) groups is 1. The van der Waals surface area contributed by atoms with Crippen LogP contribution in [0.4, 0.5) is 13.2 Å². The number of carbonyl (C=O) groups excluding carboxylic acids is 1. The van der Waals surface area contributed by atoms with E-state index < -0.39 is 11.7 Å². The Morgan fingerprint density at radius 3 is 2.42 bits per heavy atom. The molecule has 0 spiro atoms. The van der Waals surface area contributed by atoms with Crippen LogP contribution in [0.1, 0.15) is 54.0 Å². The molecule has 36 heavy (non-hydrogen) atoms. The average molecular weight is 518 g/mol. The van der Waals surface area contributed by atoms with E-state index in [4.69, 9.17) is 0 Å². The number of hydrogen-bond donors (Lipinski definition) is 0. The maximum absolute atomic E-state index is 13.4. The van der Waals surface area contributed by atoms with Gasteiger partial charge in [0.25, 0.3) is 5.91 Å². The molecule has 4 rings (SSSR count). The van der Waals surface area contributed by atoms with E-state index in [0.717, 1.165) is 37.3 Å². The number of rotatable bonds is 7. The van der Waals surface area contributed by atoms with Crippen molar-refractivity contribution in [3.8, 4) is 5.69 Å². The molecule has 1 aliphatic heterocycles. The average Bonchev–Trinajstić information content (AvgIpc) is 3.31. The number of amides is 1. The second kappa shape index (κ2) is 11.0. The molecule has 3 aromatic rings. The second-order valence-corrected chi connectivity index (χ2v) is 9.99. The number of aromatic nitrogens is 3. The van der Waals surface area contributed by atoms with E-state index in [1.165, 1.54) is 17.8 Å². The second-order valence-electron chi connectivity index (χ2n) is 9.05. The summed E-state index contributed by atoms with van der Waals surface area (Å²) in [5, 5.41) is 9.05. The molecular formula is C26H30F3N5OS. The van der Waals surface area contributed by atoms with Gasteiger partial charge in [0.2, 0.25) is 0 Å². The van der Waals surface area contributed by atoms with Crippen molar-refractivity contribution >= 4 is 17.7 Å². The molecular weight excluding hydrogens is 487 g/mol. The lowest BCUT2D eigenvalue weighted by molar-refractivity contribution is -0.137. The lowest BCUT2D eigenvalue weighted by Crippen LogP contribution is -2.48. The van der Waals surface area contributed by atoms with Gasteiger partial charge in [-0.2, -0.15) is 13.2 Å². The van der Waals surface area contributed by atoms with Gasteiger partial charge in [0, 0.05) is 43.4 Å². The van der Waals surface area contributed by atoms with Gasteiger partial charge in [-0.05, 0) is 36.4 Å². The fourth-order valence-electron chi connectivity index (χ4n) is 4.25. The smallest absolute Gasteiger partial charge is 0.336 e. The molecule has 0 bridgehead atoms. The predicted octanol–water partition coefficient (Wildman–Crippen LogP) is 5.48. The Bertz CT molecular complexity index is 1200. The molecule has 0 atom stereocenters. The Balaban J connectivity index is 1.59. The molecule has 1 fully saturated rings. The van der Waals surface area contributed by atoms with Crippen LogP contribution in [0, 0.1) is 0 Å². The van der Waals surface area contributed by atoms with Gasteiger partial charge in [0.1, 0.15) is 5.82 Å². The summed E-state index contributed by atoms with van der Waals surface area (Å²) in [6, 6.07) is 12.7. The van der Waals surface area contributed by atoms with Gasteiger partial charge in [0.05, 0.1) is 11.3 Å². The predicted molar refractivity (Wildman–Crippen MR) is 134 cm³/mol. The molecule has 2 aromatic carbocycles. The van der Waals surface area contributed by atoms with Crippen molar-refractivity contribution < 1.29 is 18.0 Å². The molecule has 0 radical (unpaired) electrons. The maximum Gasteiger partial charge on any atom is 0.416 e. The Kier molecular flexibility index (Phi) is 8.04. The fraction of sp³-hybridized carbons (Fsp3) is 0.423. The van der Waals surface area contributed by atoms with Crippen LogP contribution in [0.15, 0.2) is 53.7 Å². The molecule has 6 nitrogen and oxygen atoms in total. The number of piperazine rings is 1. The Hall–Kier alpha value is -2.85. The van der Waals surface area contributed by atoms with Crippen LogP contribution in [0.2, 0.25) is 0 Å². The molecule has 192 valence electrons. The quantitative estimate of drug-likeness (QED) is 0.389. The molecule has 1 saturated heterocycles. The van der Waals surface area contributed by atoms with Gasteiger partial charge in [0.15, 0.2) is 5.16 Å². The first kappa shape index (κ1) is 26.2. The minimum atomic E-state index is -4.45. The minimum Gasteiger partial charge on any atom is -0.336 e. The summed E-state index contributed by atoms with van der Waals surface area (Å²) < 4.78 is 41.8. The van der Waals surface area contributed by atoms with Crippen molar-refractivity contribution in [1.29, 1.82) is 0 Å². The zero-order valence-corrected chi connectivity index (χ0v) is 21.4. The van der Waals surface area contributed by atoms with Gasteiger partial charge >= 0.3 is 6.18 Å². The molecule has 0 saturated carbocycles. The van der Waals surface area contributed by atoms with Crippen LogP contribution in [0.3, 0.4) is 0 Å². The monoisotopic (exact) mass is 517 g/mol. The highest BCUT2D eigenvalue weighted by atomic mass is 32.2. The summed E-state index contributed by atoms with van der Waals surface area (Å²) in [7, 11) is 0. The lowest BCUT2D eigenvalue weighted by atomic mass is 10.1. The molecule has 1 aromatic heterocycles. The highest BCUT2D eigenvalue weighted by Crippen LogP contribution is 2.33. The number of likely N-dealkylation sites (N-methyl/N-ethyl adjacent to an activating group) is 1. The van der Waals surface area contributed by atoms with E-state index in [2.05, 4.69) is 22.0 Å². The summed E-state index contributed by atoms with van der Waals surface area (Å²) in [6.07, 6.45) is -4.45. The third-order valence-corrected chi connectivity index (χ3v) is 7.30. The van der Waals surface area contributed by atoms with Gasteiger partial charge in [-0.3, -0.25) is 9.36 Å². The Morgan fingerprint density at radius 2 is 1.75 bits per heavy atom. The summed E-state index contributed by atoms with van der Waals surface area (Å²) in [5.41, 5.74) is 1.14. The zero-order chi connectivity index (χ0) is 25.9. The minimum absolute atomic E-state index is 0.00386. The van der Waals surface area contributed by atoms with Crippen molar-refractivity contribution in [2.24, 2.45) is 0 Å². The summed E-state index contributed by atoms with van der Waals surface area (Å²) in [4.78, 5) is 17.5. The third-order valence-electron chi connectivity index (χ3n) is 6.32. The van der Waals surface area contributed by atoms with E-state index in [9.17, 15) is 18.0 Å². The Labute approximate surface area is 213 Å². The topological polar surface area (TPSA) is 54.3 Å². The molecule has 2 heterocycles. The summed E-state index contributed by atoms with van der Waals surface area (Å²) in [5.74, 6) is 0.975. The normalized spacial score (nSPS) is 15.0. The highest BCUT2D eigenvalue weighted by Gasteiger charge is 2.31. The number of carbonyl (C=O) groups is 1. The SMILES string of the molecule is CCN1CCN(C(=O)c2ccccc2CSc2nnc(C(C)C)n2-c2cccc(C(F)(F)F)c2)CC1. The Morgan fingerprint density at radius 1 is 1.03 bits per heavy atom. The molecule has 0 aliphatic carbocycles. The van der Waals surface area contributed by atoms with Crippen LogP contribution >= 0.6 is 11.8 Å². The van der Waals surface area contributed by atoms with Crippen LogP contribution in [0.25, 0.3) is 5.69 Å². The summed E-state index contributed by atoms with van der Waals surface area (Å²) >= 11 is 1.36. The van der Waals surface area contributed by atoms with Crippen LogP contribution in [-0.4, -0.2) is 63.2 Å².